The van der Waals surface area contributed by atoms with Crippen LogP contribution in [-0.4, -0.2) is 36.3 Å². The summed E-state index contributed by atoms with van der Waals surface area (Å²) in [4.78, 5) is 0. The van der Waals surface area contributed by atoms with Crippen molar-refractivity contribution in [2.45, 2.75) is 103 Å². The van der Waals surface area contributed by atoms with E-state index in [1.54, 1.807) is 0 Å². The number of benzene rings is 1. The van der Waals surface area contributed by atoms with E-state index in [0.717, 1.165) is 24.0 Å². The minimum Gasteiger partial charge on any atom is -0.387 e. The van der Waals surface area contributed by atoms with Crippen molar-refractivity contribution in [2.24, 2.45) is 0 Å². The van der Waals surface area contributed by atoms with Gasteiger partial charge < -0.3 is 9.59 Å². The SMILES string of the molecule is CCCCCCCCCCCCCCC(O)C[N+](C)(C)Cc1ccccc1. The first-order valence-corrected chi connectivity index (χ1v) is 11.6. The third-order valence-corrected chi connectivity index (χ3v) is 5.55. The van der Waals surface area contributed by atoms with Crippen molar-refractivity contribution in [3.8, 4) is 0 Å². The van der Waals surface area contributed by atoms with E-state index in [0.29, 0.717) is 0 Å². The minimum absolute atomic E-state index is 0.174. The summed E-state index contributed by atoms with van der Waals surface area (Å²) in [5.41, 5.74) is 1.35. The van der Waals surface area contributed by atoms with E-state index < -0.39 is 0 Å². The Morgan fingerprint density at radius 1 is 0.741 bits per heavy atom. The standard InChI is InChI=1S/C25H46NO/c1-4-5-6-7-8-9-10-11-12-13-14-18-21-25(27)23-26(2,3)22-24-19-16-15-17-20-24/h15-17,19-20,25,27H,4-14,18,21-23H2,1-3H3/q+1. The highest BCUT2D eigenvalue weighted by molar-refractivity contribution is 5.13. The fourth-order valence-corrected chi connectivity index (χ4v) is 4.02. The molecule has 1 rings (SSSR count). The van der Waals surface area contributed by atoms with Gasteiger partial charge in [-0.25, -0.2) is 0 Å². The molecule has 2 nitrogen and oxygen atoms in total. The molecule has 0 amide bonds. The van der Waals surface area contributed by atoms with Crippen molar-refractivity contribution in [2.75, 3.05) is 20.6 Å². The maximum atomic E-state index is 10.4. The van der Waals surface area contributed by atoms with Crippen molar-refractivity contribution in [1.29, 1.82) is 0 Å². The zero-order valence-corrected chi connectivity index (χ0v) is 18.5. The zero-order valence-electron chi connectivity index (χ0n) is 18.5. The van der Waals surface area contributed by atoms with Crippen molar-refractivity contribution in [3.05, 3.63) is 35.9 Å². The minimum atomic E-state index is -0.174. The van der Waals surface area contributed by atoms with Crippen LogP contribution in [-0.2, 0) is 6.54 Å². The first kappa shape index (κ1) is 24.2. The lowest BCUT2D eigenvalue weighted by Gasteiger charge is -2.32. The van der Waals surface area contributed by atoms with E-state index in [-0.39, 0.29) is 6.10 Å². The van der Waals surface area contributed by atoms with Crippen LogP contribution < -0.4 is 0 Å². The summed E-state index contributed by atoms with van der Waals surface area (Å²) < 4.78 is 0.851. The van der Waals surface area contributed by atoms with E-state index in [2.05, 4.69) is 51.4 Å². The van der Waals surface area contributed by atoms with Gasteiger partial charge in [-0.05, 0) is 6.42 Å². The van der Waals surface area contributed by atoms with Gasteiger partial charge in [0.05, 0.1) is 14.1 Å². The number of aliphatic hydroxyl groups excluding tert-OH is 1. The number of likely N-dealkylation sites (N-methyl/N-ethyl adjacent to an activating group) is 1. The van der Waals surface area contributed by atoms with Crippen LogP contribution in [0.3, 0.4) is 0 Å². The van der Waals surface area contributed by atoms with Crippen LogP contribution in [0, 0.1) is 0 Å². The fraction of sp³-hybridized carbons (Fsp3) is 0.760. The highest BCUT2D eigenvalue weighted by Gasteiger charge is 2.20. The maximum absolute atomic E-state index is 10.4. The molecule has 0 aliphatic carbocycles. The van der Waals surface area contributed by atoms with E-state index in [9.17, 15) is 5.11 Å². The number of unbranched alkanes of at least 4 members (excludes halogenated alkanes) is 11. The largest absolute Gasteiger partial charge is 0.387 e. The molecule has 0 radical (unpaired) electrons. The van der Waals surface area contributed by atoms with Gasteiger partial charge in [-0.15, -0.1) is 0 Å². The Labute approximate surface area is 169 Å². The molecule has 0 aromatic heterocycles. The van der Waals surface area contributed by atoms with Crippen molar-refractivity contribution in [3.63, 3.8) is 0 Å². The van der Waals surface area contributed by atoms with E-state index in [1.807, 2.05) is 0 Å². The van der Waals surface area contributed by atoms with Crippen LogP contribution in [0.5, 0.6) is 0 Å². The van der Waals surface area contributed by atoms with Gasteiger partial charge in [-0.3, -0.25) is 0 Å². The van der Waals surface area contributed by atoms with Crippen LogP contribution in [0.2, 0.25) is 0 Å². The number of hydrogen-bond acceptors (Lipinski definition) is 1. The quantitative estimate of drug-likeness (QED) is 0.236. The van der Waals surface area contributed by atoms with Gasteiger partial charge >= 0.3 is 0 Å². The lowest BCUT2D eigenvalue weighted by atomic mass is 10.0. The summed E-state index contributed by atoms with van der Waals surface area (Å²) in [6.07, 6.45) is 17.2. The predicted molar refractivity (Wildman–Crippen MR) is 119 cm³/mol. The van der Waals surface area contributed by atoms with Gasteiger partial charge in [0.1, 0.15) is 19.2 Å². The number of nitrogens with zero attached hydrogens (tertiary/aromatic N) is 1. The molecule has 1 aromatic rings. The van der Waals surface area contributed by atoms with Crippen LogP contribution >= 0.6 is 0 Å². The van der Waals surface area contributed by atoms with Crippen molar-refractivity contribution in [1.82, 2.24) is 0 Å². The summed E-state index contributed by atoms with van der Waals surface area (Å²) in [5, 5.41) is 10.4. The molecule has 0 aliphatic rings. The number of quaternary nitrogens is 1. The fourth-order valence-electron chi connectivity index (χ4n) is 4.02. The van der Waals surface area contributed by atoms with Gasteiger partial charge in [-0.2, -0.15) is 0 Å². The average molecular weight is 377 g/mol. The number of aliphatic hydroxyl groups is 1. The number of rotatable bonds is 17. The Kier molecular flexibility index (Phi) is 13.5. The second-order valence-corrected chi connectivity index (χ2v) is 9.09. The van der Waals surface area contributed by atoms with E-state index in [4.69, 9.17) is 0 Å². The highest BCUT2D eigenvalue weighted by atomic mass is 16.3. The second kappa shape index (κ2) is 15.1. The Morgan fingerprint density at radius 2 is 1.22 bits per heavy atom. The molecule has 0 aliphatic heterocycles. The lowest BCUT2D eigenvalue weighted by Crippen LogP contribution is -2.44. The van der Waals surface area contributed by atoms with Crippen LogP contribution in [0.25, 0.3) is 0 Å². The molecule has 0 saturated heterocycles. The first-order chi connectivity index (χ1) is 13.0. The van der Waals surface area contributed by atoms with Crippen LogP contribution in [0.1, 0.15) is 96.0 Å². The van der Waals surface area contributed by atoms with Crippen LogP contribution in [0.4, 0.5) is 0 Å². The van der Waals surface area contributed by atoms with E-state index >= 15 is 0 Å². The summed E-state index contributed by atoms with van der Waals surface area (Å²) in [7, 11) is 4.44. The lowest BCUT2D eigenvalue weighted by molar-refractivity contribution is -0.906. The van der Waals surface area contributed by atoms with Gasteiger partial charge in [0, 0.05) is 5.56 Å². The van der Waals surface area contributed by atoms with Gasteiger partial charge in [0.25, 0.3) is 0 Å². The van der Waals surface area contributed by atoms with Gasteiger partial charge in [-0.1, -0.05) is 114 Å². The van der Waals surface area contributed by atoms with Gasteiger partial charge in [0.2, 0.25) is 0 Å². The molecule has 1 aromatic carbocycles. The van der Waals surface area contributed by atoms with Crippen molar-refractivity contribution >= 4 is 0 Å². The summed E-state index contributed by atoms with van der Waals surface area (Å²) in [6.45, 7) is 4.10. The molecule has 2 heteroatoms. The maximum Gasteiger partial charge on any atom is 0.105 e. The molecule has 27 heavy (non-hydrogen) atoms. The van der Waals surface area contributed by atoms with Crippen LogP contribution in [0.15, 0.2) is 30.3 Å². The Bertz CT molecular complexity index is 443. The molecule has 0 fully saturated rings. The third kappa shape index (κ3) is 13.9. The molecule has 0 spiro atoms. The topological polar surface area (TPSA) is 20.2 Å². The highest BCUT2D eigenvalue weighted by Crippen LogP contribution is 2.15. The molecule has 0 saturated carbocycles. The third-order valence-electron chi connectivity index (χ3n) is 5.55. The monoisotopic (exact) mass is 376 g/mol. The molecule has 0 heterocycles. The number of hydrogen-bond donors (Lipinski definition) is 1. The molecule has 1 atom stereocenters. The smallest absolute Gasteiger partial charge is 0.105 e. The molecule has 0 bridgehead atoms. The zero-order chi connectivity index (χ0) is 19.8. The van der Waals surface area contributed by atoms with Crippen molar-refractivity contribution < 1.29 is 9.59 Å². The molecular weight excluding hydrogens is 330 g/mol. The summed E-state index contributed by atoms with van der Waals surface area (Å²) in [6, 6.07) is 10.6. The molecule has 1 unspecified atom stereocenters. The average Bonchev–Trinajstić information content (AvgIpc) is 2.62. The van der Waals surface area contributed by atoms with Gasteiger partial charge in [0.15, 0.2) is 0 Å². The Hall–Kier alpha value is -0.860. The predicted octanol–water partition coefficient (Wildman–Crippen LogP) is 6.72. The normalized spacial score (nSPS) is 13.0. The first-order valence-electron chi connectivity index (χ1n) is 11.6. The molecule has 156 valence electrons. The summed E-state index contributed by atoms with van der Waals surface area (Å²) in [5.74, 6) is 0. The van der Waals surface area contributed by atoms with E-state index in [1.165, 1.54) is 82.6 Å². The Morgan fingerprint density at radius 3 is 1.74 bits per heavy atom. The Balaban J connectivity index is 1.97. The molecule has 1 N–H and O–H groups in total. The molecular formula is C25H46NO+. The second-order valence-electron chi connectivity index (χ2n) is 9.09. The summed E-state index contributed by atoms with van der Waals surface area (Å²) >= 11 is 0.